The zero-order valence-corrected chi connectivity index (χ0v) is 11.0. The van der Waals surface area contributed by atoms with Crippen LogP contribution in [0.15, 0.2) is 0 Å². The third kappa shape index (κ3) is 10.2. The fourth-order valence-corrected chi connectivity index (χ4v) is 2.27. The summed E-state index contributed by atoms with van der Waals surface area (Å²) >= 11 is 0. The maximum atomic E-state index is 10.9. The first-order chi connectivity index (χ1) is 6.64. The van der Waals surface area contributed by atoms with E-state index in [1.165, 1.54) is 6.26 Å². The maximum Gasteiger partial charge on any atom is 0.147 e. The Balaban J connectivity index is 3.92. The predicted octanol–water partition coefficient (Wildman–Crippen LogP) is 1.08. The Labute approximate surface area is 93.5 Å². The highest BCUT2D eigenvalue weighted by Gasteiger charge is 2.17. The van der Waals surface area contributed by atoms with E-state index in [9.17, 15) is 8.42 Å². The van der Waals surface area contributed by atoms with Crippen molar-refractivity contribution >= 4 is 9.84 Å². The maximum absolute atomic E-state index is 10.9. The van der Waals surface area contributed by atoms with Gasteiger partial charge in [0.15, 0.2) is 0 Å². The molecule has 0 fully saturated rings. The first kappa shape index (κ1) is 14.9. The SMILES string of the molecule is CC(C)(C)CC(CCCS(C)(=O)=O)NN. The summed E-state index contributed by atoms with van der Waals surface area (Å²) in [5.41, 5.74) is 2.96. The lowest BCUT2D eigenvalue weighted by molar-refractivity contribution is 0.299. The van der Waals surface area contributed by atoms with Crippen molar-refractivity contribution in [3.05, 3.63) is 0 Å². The van der Waals surface area contributed by atoms with E-state index in [-0.39, 0.29) is 17.2 Å². The van der Waals surface area contributed by atoms with Crippen molar-refractivity contribution in [1.82, 2.24) is 5.43 Å². The van der Waals surface area contributed by atoms with E-state index in [4.69, 9.17) is 5.84 Å². The Morgan fingerprint density at radius 2 is 1.87 bits per heavy atom. The summed E-state index contributed by atoms with van der Waals surface area (Å²) < 4.78 is 21.9. The van der Waals surface area contributed by atoms with Gasteiger partial charge in [-0.2, -0.15) is 0 Å². The molecule has 0 aliphatic heterocycles. The molecule has 1 unspecified atom stereocenters. The van der Waals surface area contributed by atoms with E-state index in [1.807, 2.05) is 0 Å². The largest absolute Gasteiger partial charge is 0.271 e. The molecule has 0 aromatic heterocycles. The Morgan fingerprint density at radius 1 is 1.33 bits per heavy atom. The number of sulfone groups is 1. The molecule has 0 radical (unpaired) electrons. The van der Waals surface area contributed by atoms with E-state index in [0.29, 0.717) is 6.42 Å². The minimum absolute atomic E-state index is 0.201. The van der Waals surface area contributed by atoms with E-state index in [1.54, 1.807) is 0 Å². The Kier molecular flexibility index (Phi) is 5.77. The lowest BCUT2D eigenvalue weighted by atomic mass is 9.87. The van der Waals surface area contributed by atoms with Gasteiger partial charge < -0.3 is 0 Å². The van der Waals surface area contributed by atoms with Gasteiger partial charge >= 0.3 is 0 Å². The summed E-state index contributed by atoms with van der Waals surface area (Å²) in [5.74, 6) is 5.68. The second kappa shape index (κ2) is 5.82. The van der Waals surface area contributed by atoms with E-state index in [2.05, 4.69) is 26.2 Å². The van der Waals surface area contributed by atoms with Crippen molar-refractivity contribution in [3.8, 4) is 0 Å². The average molecular weight is 236 g/mol. The van der Waals surface area contributed by atoms with Crippen molar-refractivity contribution in [3.63, 3.8) is 0 Å². The molecular formula is C10H24N2O2S. The first-order valence-corrected chi connectivity index (χ1v) is 7.34. The Morgan fingerprint density at radius 3 is 2.20 bits per heavy atom. The van der Waals surface area contributed by atoms with Gasteiger partial charge in [-0.3, -0.25) is 11.3 Å². The molecule has 0 spiro atoms. The topological polar surface area (TPSA) is 72.2 Å². The molecule has 0 aromatic rings. The van der Waals surface area contributed by atoms with Crippen molar-refractivity contribution in [1.29, 1.82) is 0 Å². The van der Waals surface area contributed by atoms with Gasteiger partial charge in [0.05, 0.1) is 0 Å². The van der Waals surface area contributed by atoms with Crippen LogP contribution < -0.4 is 11.3 Å². The molecule has 0 aliphatic rings. The van der Waals surface area contributed by atoms with Crippen molar-refractivity contribution in [2.75, 3.05) is 12.0 Å². The van der Waals surface area contributed by atoms with Crippen molar-refractivity contribution in [2.45, 2.75) is 46.1 Å². The third-order valence-corrected chi connectivity index (χ3v) is 3.19. The fraction of sp³-hybridized carbons (Fsp3) is 1.00. The Hall–Kier alpha value is -0.130. The summed E-state index contributed by atoms with van der Waals surface area (Å²) in [5, 5.41) is 0. The smallest absolute Gasteiger partial charge is 0.147 e. The molecule has 5 heteroatoms. The molecule has 3 N–H and O–H groups in total. The van der Waals surface area contributed by atoms with Gasteiger partial charge in [-0.15, -0.1) is 0 Å². The minimum atomic E-state index is -2.84. The highest BCUT2D eigenvalue weighted by Crippen LogP contribution is 2.22. The minimum Gasteiger partial charge on any atom is -0.271 e. The van der Waals surface area contributed by atoms with Crippen molar-refractivity contribution in [2.24, 2.45) is 11.3 Å². The molecule has 0 saturated heterocycles. The molecule has 15 heavy (non-hydrogen) atoms. The van der Waals surface area contributed by atoms with Gasteiger partial charge in [0, 0.05) is 18.1 Å². The number of hydrazine groups is 1. The van der Waals surface area contributed by atoms with Crippen LogP contribution in [0.3, 0.4) is 0 Å². The molecule has 92 valence electrons. The monoisotopic (exact) mass is 236 g/mol. The van der Waals surface area contributed by atoms with Crippen LogP contribution in [0.2, 0.25) is 0 Å². The summed E-state index contributed by atoms with van der Waals surface area (Å²) in [7, 11) is -2.84. The number of nitrogens with two attached hydrogens (primary N) is 1. The quantitative estimate of drug-likeness (QED) is 0.535. The average Bonchev–Trinajstić information content (AvgIpc) is 1.97. The number of hydrogen-bond acceptors (Lipinski definition) is 4. The summed E-state index contributed by atoms with van der Waals surface area (Å²) in [6, 6.07) is 0.201. The zero-order chi connectivity index (χ0) is 12.1. The third-order valence-electron chi connectivity index (χ3n) is 2.16. The molecule has 1 atom stereocenters. The van der Waals surface area contributed by atoms with Crippen LogP contribution in [0.1, 0.15) is 40.0 Å². The van der Waals surface area contributed by atoms with Gasteiger partial charge in [-0.1, -0.05) is 20.8 Å². The first-order valence-electron chi connectivity index (χ1n) is 5.28. The molecule has 0 bridgehead atoms. The molecule has 0 aliphatic carbocycles. The number of hydrogen-bond donors (Lipinski definition) is 2. The molecule has 4 nitrogen and oxygen atoms in total. The van der Waals surface area contributed by atoms with Gasteiger partial charge in [-0.25, -0.2) is 8.42 Å². The second-order valence-corrected chi connectivity index (χ2v) is 7.66. The van der Waals surface area contributed by atoms with E-state index < -0.39 is 9.84 Å². The van der Waals surface area contributed by atoms with Crippen LogP contribution in [-0.2, 0) is 9.84 Å². The summed E-state index contributed by atoms with van der Waals surface area (Å²) in [6.07, 6.45) is 3.69. The Bertz CT molecular complexity index is 268. The van der Waals surface area contributed by atoms with E-state index in [0.717, 1.165) is 12.8 Å². The standard InChI is InChI=1S/C10H24N2O2S/c1-10(2,3)8-9(12-11)6-5-7-15(4,13)14/h9,12H,5-8,11H2,1-4H3. The molecular weight excluding hydrogens is 212 g/mol. The van der Waals surface area contributed by atoms with E-state index >= 15 is 0 Å². The lowest BCUT2D eigenvalue weighted by Gasteiger charge is -2.25. The lowest BCUT2D eigenvalue weighted by Crippen LogP contribution is -2.38. The fourth-order valence-electron chi connectivity index (χ4n) is 1.58. The number of nitrogens with one attached hydrogen (secondary N) is 1. The van der Waals surface area contributed by atoms with Crippen LogP contribution in [0.4, 0.5) is 0 Å². The van der Waals surface area contributed by atoms with Gasteiger partial charge in [0.1, 0.15) is 9.84 Å². The number of rotatable bonds is 6. The normalized spacial score (nSPS) is 15.3. The molecule has 0 heterocycles. The second-order valence-electron chi connectivity index (χ2n) is 5.40. The highest BCUT2D eigenvalue weighted by molar-refractivity contribution is 7.90. The van der Waals surface area contributed by atoms with Gasteiger partial charge in [0.2, 0.25) is 0 Å². The van der Waals surface area contributed by atoms with Crippen LogP contribution in [0.25, 0.3) is 0 Å². The van der Waals surface area contributed by atoms with Crippen LogP contribution in [-0.4, -0.2) is 26.5 Å². The zero-order valence-electron chi connectivity index (χ0n) is 10.2. The summed E-state index contributed by atoms with van der Waals surface area (Å²) in [4.78, 5) is 0. The summed E-state index contributed by atoms with van der Waals surface area (Å²) in [6.45, 7) is 6.44. The predicted molar refractivity (Wildman–Crippen MR) is 64.1 cm³/mol. The molecule has 0 amide bonds. The highest BCUT2D eigenvalue weighted by atomic mass is 32.2. The molecule has 0 rings (SSSR count). The van der Waals surface area contributed by atoms with Crippen molar-refractivity contribution < 1.29 is 8.42 Å². The molecule has 0 aromatic carbocycles. The van der Waals surface area contributed by atoms with Crippen LogP contribution in [0, 0.1) is 5.41 Å². The van der Waals surface area contributed by atoms with Crippen LogP contribution in [0.5, 0.6) is 0 Å². The van der Waals surface area contributed by atoms with Crippen LogP contribution >= 0.6 is 0 Å². The molecule has 0 saturated carbocycles. The van der Waals surface area contributed by atoms with Gasteiger partial charge in [0.25, 0.3) is 0 Å². The van der Waals surface area contributed by atoms with Gasteiger partial charge in [-0.05, 0) is 24.7 Å².